The van der Waals surface area contributed by atoms with E-state index in [1.54, 1.807) is 18.2 Å². The molecule has 1 heterocycles. The fourth-order valence-electron chi connectivity index (χ4n) is 1.97. The van der Waals surface area contributed by atoms with Gasteiger partial charge in [0.25, 0.3) is 5.91 Å². The van der Waals surface area contributed by atoms with Crippen molar-refractivity contribution in [3.63, 3.8) is 0 Å². The Morgan fingerprint density at radius 1 is 0.958 bits per heavy atom. The quantitative estimate of drug-likeness (QED) is 0.516. The Morgan fingerprint density at radius 3 is 2.33 bits per heavy atom. The molecule has 3 rings (SSSR count). The molecule has 3 nitrogen and oxygen atoms in total. The fraction of sp³-hybridized carbons (Fsp3) is 0. The number of nitrogens with zero attached hydrogens (tertiary/aromatic N) is 1. The maximum Gasteiger partial charge on any atom is 0.257 e. The van der Waals surface area contributed by atoms with Crippen molar-refractivity contribution in [1.82, 2.24) is 4.98 Å². The highest BCUT2D eigenvalue weighted by Crippen LogP contribution is 2.30. The number of hydrogen-bond acceptors (Lipinski definition) is 3. The van der Waals surface area contributed by atoms with Gasteiger partial charge in [0.05, 0.1) is 15.7 Å². The first-order valence-corrected chi connectivity index (χ1v) is 9.00. The zero-order chi connectivity index (χ0) is 17.3. The number of hydrogen-bond donors (Lipinski definition) is 1. The molecule has 0 bridgehead atoms. The average molecular weight is 418 g/mol. The summed E-state index contributed by atoms with van der Waals surface area (Å²) >= 11 is 25.0. The Bertz CT molecular complexity index is 906. The van der Waals surface area contributed by atoms with Gasteiger partial charge in [-0.2, -0.15) is 0 Å². The third-order valence-corrected chi connectivity index (χ3v) is 5.00. The molecule has 3 aromatic rings. The predicted octanol–water partition coefficient (Wildman–Crippen LogP) is 6.68. The number of carbonyl (C=O) groups is 1. The topological polar surface area (TPSA) is 42.0 Å². The van der Waals surface area contributed by atoms with Crippen LogP contribution in [-0.2, 0) is 0 Å². The van der Waals surface area contributed by atoms with Gasteiger partial charge in [-0.05, 0) is 30.3 Å². The third kappa shape index (κ3) is 4.02. The minimum absolute atomic E-state index is 0.338. The number of halogens is 4. The molecule has 0 aliphatic rings. The summed E-state index contributed by atoms with van der Waals surface area (Å²) in [6.45, 7) is 0. The molecule has 122 valence electrons. The van der Waals surface area contributed by atoms with Crippen molar-refractivity contribution in [1.29, 1.82) is 0 Å². The van der Waals surface area contributed by atoms with Gasteiger partial charge in [0.1, 0.15) is 0 Å². The van der Waals surface area contributed by atoms with Crippen LogP contribution in [0.4, 0.5) is 5.13 Å². The zero-order valence-electron chi connectivity index (χ0n) is 11.8. The third-order valence-electron chi connectivity index (χ3n) is 3.06. The van der Waals surface area contributed by atoms with E-state index in [1.165, 1.54) is 23.5 Å². The van der Waals surface area contributed by atoms with Crippen molar-refractivity contribution in [2.75, 3.05) is 5.32 Å². The summed E-state index contributed by atoms with van der Waals surface area (Å²) in [4.78, 5) is 16.6. The van der Waals surface area contributed by atoms with Crippen LogP contribution >= 0.6 is 57.7 Å². The summed E-state index contributed by atoms with van der Waals surface area (Å²) in [6, 6.07) is 9.87. The van der Waals surface area contributed by atoms with Crippen molar-refractivity contribution >= 4 is 68.8 Å². The standard InChI is InChI=1S/C16H8Cl4N2OS/c17-10-3-9(4-11(18)6-10)15(23)22-16-21-14(7-24-16)8-1-2-12(19)13(20)5-8/h1-7H,(H,21,22,23). The summed E-state index contributed by atoms with van der Waals surface area (Å²) in [7, 11) is 0. The van der Waals surface area contributed by atoms with Gasteiger partial charge < -0.3 is 0 Å². The van der Waals surface area contributed by atoms with Gasteiger partial charge in [0, 0.05) is 26.6 Å². The lowest BCUT2D eigenvalue weighted by Gasteiger charge is -2.03. The lowest BCUT2D eigenvalue weighted by Crippen LogP contribution is -2.11. The predicted molar refractivity (Wildman–Crippen MR) is 102 cm³/mol. The van der Waals surface area contributed by atoms with Crippen LogP contribution in [0.5, 0.6) is 0 Å². The highest BCUT2D eigenvalue weighted by molar-refractivity contribution is 7.14. The van der Waals surface area contributed by atoms with Crippen LogP contribution in [0, 0.1) is 0 Å². The molecule has 0 unspecified atom stereocenters. The number of amides is 1. The maximum atomic E-state index is 12.3. The second-order valence-corrected chi connectivity index (χ2v) is 7.32. The molecule has 1 amide bonds. The van der Waals surface area contributed by atoms with Crippen LogP contribution in [0.3, 0.4) is 0 Å². The van der Waals surface area contributed by atoms with E-state index in [4.69, 9.17) is 46.4 Å². The van der Waals surface area contributed by atoms with E-state index in [0.717, 1.165) is 5.56 Å². The number of thiazole rings is 1. The SMILES string of the molecule is O=C(Nc1nc(-c2ccc(Cl)c(Cl)c2)cs1)c1cc(Cl)cc(Cl)c1. The molecule has 0 atom stereocenters. The number of rotatable bonds is 3. The first-order valence-electron chi connectivity index (χ1n) is 6.61. The monoisotopic (exact) mass is 416 g/mol. The van der Waals surface area contributed by atoms with Gasteiger partial charge >= 0.3 is 0 Å². The summed E-state index contributed by atoms with van der Waals surface area (Å²) in [5.41, 5.74) is 1.86. The number of benzene rings is 2. The summed E-state index contributed by atoms with van der Waals surface area (Å²) in [6.07, 6.45) is 0. The molecule has 8 heteroatoms. The minimum Gasteiger partial charge on any atom is -0.298 e. The largest absolute Gasteiger partial charge is 0.298 e. The highest BCUT2D eigenvalue weighted by atomic mass is 35.5. The van der Waals surface area contributed by atoms with Crippen LogP contribution in [-0.4, -0.2) is 10.9 Å². The molecule has 24 heavy (non-hydrogen) atoms. The van der Waals surface area contributed by atoms with Crippen molar-refractivity contribution in [3.8, 4) is 11.3 Å². The van der Waals surface area contributed by atoms with E-state index >= 15 is 0 Å². The van der Waals surface area contributed by atoms with Crippen molar-refractivity contribution in [2.45, 2.75) is 0 Å². The molecule has 0 saturated carbocycles. The van der Waals surface area contributed by atoms with Crippen molar-refractivity contribution < 1.29 is 4.79 Å². The summed E-state index contributed by atoms with van der Waals surface area (Å²) in [5, 5.41) is 6.70. The van der Waals surface area contributed by atoms with Crippen LogP contribution in [0.15, 0.2) is 41.8 Å². The molecular formula is C16H8Cl4N2OS. The molecular weight excluding hydrogens is 410 g/mol. The number of carbonyl (C=O) groups excluding carboxylic acids is 1. The second-order valence-electron chi connectivity index (χ2n) is 4.78. The molecule has 2 aromatic carbocycles. The summed E-state index contributed by atoms with van der Waals surface area (Å²) < 4.78 is 0. The molecule has 1 aromatic heterocycles. The van der Waals surface area contributed by atoms with Gasteiger partial charge in [-0.15, -0.1) is 11.3 Å². The Morgan fingerprint density at radius 2 is 1.67 bits per heavy atom. The lowest BCUT2D eigenvalue weighted by molar-refractivity contribution is 0.102. The van der Waals surface area contributed by atoms with Crippen LogP contribution in [0.1, 0.15) is 10.4 Å². The van der Waals surface area contributed by atoms with E-state index in [1.807, 2.05) is 11.4 Å². The van der Waals surface area contributed by atoms with E-state index in [9.17, 15) is 4.79 Å². The van der Waals surface area contributed by atoms with E-state index < -0.39 is 0 Å². The number of nitrogens with one attached hydrogen (secondary N) is 1. The van der Waals surface area contributed by atoms with Crippen LogP contribution in [0.2, 0.25) is 20.1 Å². The van der Waals surface area contributed by atoms with Crippen LogP contribution in [0.25, 0.3) is 11.3 Å². The van der Waals surface area contributed by atoms with Crippen LogP contribution < -0.4 is 5.32 Å². The Kier molecular flexibility index (Phi) is 5.33. The van der Waals surface area contributed by atoms with Crippen molar-refractivity contribution in [2.24, 2.45) is 0 Å². The highest BCUT2D eigenvalue weighted by Gasteiger charge is 2.12. The molecule has 0 saturated heterocycles. The second kappa shape index (κ2) is 7.30. The molecule has 0 fully saturated rings. The molecule has 0 radical (unpaired) electrons. The number of anilines is 1. The van der Waals surface area contributed by atoms with Gasteiger partial charge in [0.2, 0.25) is 0 Å². The molecule has 0 aliphatic carbocycles. The molecule has 0 spiro atoms. The Labute approximate surface area is 162 Å². The number of aromatic nitrogens is 1. The molecule has 1 N–H and O–H groups in total. The Balaban J connectivity index is 1.80. The van der Waals surface area contributed by atoms with E-state index in [0.29, 0.717) is 36.5 Å². The zero-order valence-corrected chi connectivity index (χ0v) is 15.7. The molecule has 0 aliphatic heterocycles. The average Bonchev–Trinajstić information content (AvgIpc) is 2.97. The normalized spacial score (nSPS) is 10.7. The maximum absolute atomic E-state index is 12.3. The van der Waals surface area contributed by atoms with Gasteiger partial charge in [-0.3, -0.25) is 10.1 Å². The Hall–Kier alpha value is -1.30. The fourth-order valence-corrected chi connectivity index (χ4v) is 3.51. The van der Waals surface area contributed by atoms with Gasteiger partial charge in [-0.25, -0.2) is 4.98 Å². The van der Waals surface area contributed by atoms with E-state index in [-0.39, 0.29) is 5.91 Å². The smallest absolute Gasteiger partial charge is 0.257 e. The first kappa shape index (κ1) is 17.5. The first-order chi connectivity index (χ1) is 11.4. The van der Waals surface area contributed by atoms with Gasteiger partial charge in [-0.1, -0.05) is 52.5 Å². The lowest BCUT2D eigenvalue weighted by atomic mass is 10.2. The summed E-state index contributed by atoms with van der Waals surface area (Å²) in [5.74, 6) is -0.338. The van der Waals surface area contributed by atoms with Gasteiger partial charge in [0.15, 0.2) is 5.13 Å². The minimum atomic E-state index is -0.338. The van der Waals surface area contributed by atoms with Crippen molar-refractivity contribution in [3.05, 3.63) is 67.4 Å². The van der Waals surface area contributed by atoms with E-state index in [2.05, 4.69) is 10.3 Å².